The Labute approximate surface area is 108 Å². The second kappa shape index (κ2) is 5.38. The third kappa shape index (κ3) is 3.30. The molecule has 102 valence electrons. The van der Waals surface area contributed by atoms with Crippen molar-refractivity contribution < 1.29 is 8.42 Å². The third-order valence-corrected chi connectivity index (χ3v) is 4.92. The van der Waals surface area contributed by atoms with Gasteiger partial charge in [0, 0.05) is 39.4 Å². The Hall–Kier alpha value is -0.920. The predicted molar refractivity (Wildman–Crippen MR) is 69.7 cm³/mol. The molecule has 1 saturated carbocycles. The lowest BCUT2D eigenvalue weighted by atomic mass is 10.4. The van der Waals surface area contributed by atoms with E-state index in [2.05, 4.69) is 14.9 Å². The predicted octanol–water partition coefficient (Wildman–Crippen LogP) is 0.199. The van der Waals surface area contributed by atoms with Gasteiger partial charge in [-0.15, -0.1) is 0 Å². The highest BCUT2D eigenvalue weighted by Crippen LogP contribution is 2.35. The molecule has 6 nitrogen and oxygen atoms in total. The molecule has 1 heterocycles. The number of nitrogens with one attached hydrogen (secondary N) is 1. The first-order valence-corrected chi connectivity index (χ1v) is 7.73. The van der Waals surface area contributed by atoms with Crippen molar-refractivity contribution in [2.24, 2.45) is 0 Å². The van der Waals surface area contributed by atoms with E-state index in [1.807, 2.05) is 12.5 Å². The Morgan fingerprint density at radius 2 is 2.22 bits per heavy atom. The van der Waals surface area contributed by atoms with Crippen molar-refractivity contribution in [3.8, 4) is 0 Å². The quantitative estimate of drug-likeness (QED) is 0.720. The molecule has 0 bridgehead atoms. The van der Waals surface area contributed by atoms with Gasteiger partial charge in [0.25, 0.3) is 0 Å². The van der Waals surface area contributed by atoms with Crippen LogP contribution in [-0.2, 0) is 16.6 Å². The zero-order valence-corrected chi connectivity index (χ0v) is 11.7. The summed E-state index contributed by atoms with van der Waals surface area (Å²) in [5.74, 6) is 0.123. The summed E-state index contributed by atoms with van der Waals surface area (Å²) >= 11 is 0. The summed E-state index contributed by atoms with van der Waals surface area (Å²) in [7, 11) is 0.00119. The van der Waals surface area contributed by atoms with Gasteiger partial charge in [0.1, 0.15) is 0 Å². The maximum Gasteiger partial charge on any atom is 0.214 e. The smallest absolute Gasteiger partial charge is 0.214 e. The molecule has 0 spiro atoms. The maximum atomic E-state index is 11.5. The van der Waals surface area contributed by atoms with Crippen LogP contribution in [0.25, 0.3) is 0 Å². The van der Waals surface area contributed by atoms with E-state index >= 15 is 0 Å². The molecule has 0 atom stereocenters. The molecule has 1 aromatic rings. The van der Waals surface area contributed by atoms with E-state index in [1.165, 1.54) is 17.1 Å². The van der Waals surface area contributed by atoms with Crippen molar-refractivity contribution in [1.29, 1.82) is 0 Å². The highest BCUT2D eigenvalue weighted by molar-refractivity contribution is 7.89. The molecule has 1 fully saturated rings. The molecule has 0 radical (unpaired) electrons. The molecule has 1 aliphatic carbocycles. The summed E-state index contributed by atoms with van der Waals surface area (Å²) < 4.78 is 26.5. The fourth-order valence-corrected chi connectivity index (χ4v) is 2.52. The van der Waals surface area contributed by atoms with Gasteiger partial charge in [-0.3, -0.25) is 0 Å². The number of rotatable bonds is 7. The Balaban J connectivity index is 1.77. The molecule has 1 N–H and O–H groups in total. The molecule has 0 aromatic carbocycles. The monoisotopic (exact) mass is 272 g/mol. The van der Waals surface area contributed by atoms with Gasteiger partial charge < -0.3 is 9.88 Å². The van der Waals surface area contributed by atoms with Gasteiger partial charge in [-0.2, -0.15) is 0 Å². The van der Waals surface area contributed by atoms with Crippen molar-refractivity contribution in [3.63, 3.8) is 0 Å². The van der Waals surface area contributed by atoms with Gasteiger partial charge in [0.15, 0.2) is 0 Å². The number of hydrogen-bond donors (Lipinski definition) is 1. The number of imidazole rings is 1. The first-order chi connectivity index (χ1) is 8.50. The topological polar surface area (TPSA) is 67.2 Å². The van der Waals surface area contributed by atoms with E-state index in [4.69, 9.17) is 0 Å². The van der Waals surface area contributed by atoms with Gasteiger partial charge in [-0.05, 0) is 12.8 Å². The first kappa shape index (κ1) is 13.5. The summed E-state index contributed by atoms with van der Waals surface area (Å²) in [6.07, 6.45) is 6.13. The van der Waals surface area contributed by atoms with Crippen molar-refractivity contribution in [1.82, 2.24) is 19.2 Å². The molecule has 1 aliphatic rings. The summed E-state index contributed by atoms with van der Waals surface area (Å²) in [4.78, 5) is 4.14. The van der Waals surface area contributed by atoms with Gasteiger partial charge in [0.2, 0.25) is 10.0 Å². The van der Waals surface area contributed by atoms with E-state index in [0.29, 0.717) is 19.1 Å². The van der Waals surface area contributed by atoms with Crippen LogP contribution in [0.2, 0.25) is 0 Å². The zero-order valence-electron chi connectivity index (χ0n) is 10.8. The Morgan fingerprint density at radius 1 is 1.50 bits per heavy atom. The standard InChI is InChI=1S/C11H20N4O2S/c1-14(2)18(16,17)6-5-12-7-11-8-13-9-15(11)10-3-4-10/h8-10,12H,3-7H2,1-2H3. The van der Waals surface area contributed by atoms with Crippen LogP contribution in [0.5, 0.6) is 0 Å². The fraction of sp³-hybridized carbons (Fsp3) is 0.727. The lowest BCUT2D eigenvalue weighted by molar-refractivity contribution is 0.516. The van der Waals surface area contributed by atoms with E-state index in [0.717, 1.165) is 5.69 Å². The maximum absolute atomic E-state index is 11.5. The van der Waals surface area contributed by atoms with E-state index < -0.39 is 10.0 Å². The molecule has 0 saturated heterocycles. The summed E-state index contributed by atoms with van der Waals surface area (Å²) in [5.41, 5.74) is 1.12. The van der Waals surface area contributed by atoms with Crippen LogP contribution in [0, 0.1) is 0 Å². The summed E-state index contributed by atoms with van der Waals surface area (Å²) in [6.45, 7) is 1.12. The van der Waals surface area contributed by atoms with E-state index in [-0.39, 0.29) is 5.75 Å². The largest absolute Gasteiger partial charge is 0.330 e. The zero-order chi connectivity index (χ0) is 13.2. The molecular weight excluding hydrogens is 252 g/mol. The van der Waals surface area contributed by atoms with Crippen LogP contribution in [-0.4, -0.2) is 48.7 Å². The minimum absolute atomic E-state index is 0.123. The van der Waals surface area contributed by atoms with Crippen LogP contribution >= 0.6 is 0 Å². The number of hydrogen-bond acceptors (Lipinski definition) is 4. The van der Waals surface area contributed by atoms with Crippen LogP contribution < -0.4 is 5.32 Å². The molecule has 18 heavy (non-hydrogen) atoms. The Kier molecular flexibility index (Phi) is 4.04. The van der Waals surface area contributed by atoms with E-state index in [1.54, 1.807) is 14.1 Å². The lowest BCUT2D eigenvalue weighted by Crippen LogP contribution is -2.31. The van der Waals surface area contributed by atoms with Gasteiger partial charge in [0.05, 0.1) is 17.8 Å². The SMILES string of the molecule is CN(C)S(=O)(=O)CCNCc1cncn1C1CC1. The van der Waals surface area contributed by atoms with Crippen LogP contribution in [0.1, 0.15) is 24.6 Å². The average molecular weight is 272 g/mol. The van der Waals surface area contributed by atoms with Crippen LogP contribution in [0.3, 0.4) is 0 Å². The van der Waals surface area contributed by atoms with Crippen molar-refractivity contribution >= 4 is 10.0 Å². The highest BCUT2D eigenvalue weighted by Gasteiger charge is 2.24. The molecule has 0 amide bonds. The van der Waals surface area contributed by atoms with Gasteiger partial charge >= 0.3 is 0 Å². The lowest BCUT2D eigenvalue weighted by Gasteiger charge is -2.12. The van der Waals surface area contributed by atoms with Crippen molar-refractivity contribution in [3.05, 3.63) is 18.2 Å². The van der Waals surface area contributed by atoms with Crippen molar-refractivity contribution in [2.45, 2.75) is 25.4 Å². The molecule has 7 heteroatoms. The van der Waals surface area contributed by atoms with Gasteiger partial charge in [-0.25, -0.2) is 17.7 Å². The Morgan fingerprint density at radius 3 is 2.83 bits per heavy atom. The second-order valence-corrected chi connectivity index (χ2v) is 7.10. The molecule has 1 aromatic heterocycles. The fourth-order valence-electron chi connectivity index (χ4n) is 1.75. The normalized spacial score (nSPS) is 16.4. The van der Waals surface area contributed by atoms with Gasteiger partial charge in [-0.1, -0.05) is 0 Å². The average Bonchev–Trinajstić information content (AvgIpc) is 3.04. The Bertz CT molecular complexity index is 491. The second-order valence-electron chi connectivity index (χ2n) is 4.80. The number of sulfonamides is 1. The van der Waals surface area contributed by atoms with E-state index in [9.17, 15) is 8.42 Å². The third-order valence-electron chi connectivity index (χ3n) is 3.09. The van der Waals surface area contributed by atoms with Crippen molar-refractivity contribution in [2.75, 3.05) is 26.4 Å². The molecule has 0 unspecified atom stereocenters. The highest BCUT2D eigenvalue weighted by atomic mass is 32.2. The molecular formula is C11H20N4O2S. The minimum atomic E-state index is -3.10. The number of aromatic nitrogens is 2. The summed E-state index contributed by atoms with van der Waals surface area (Å²) in [6, 6.07) is 0.606. The van der Waals surface area contributed by atoms with Crippen LogP contribution in [0.4, 0.5) is 0 Å². The minimum Gasteiger partial charge on any atom is -0.330 e. The van der Waals surface area contributed by atoms with Crippen LogP contribution in [0.15, 0.2) is 12.5 Å². The summed E-state index contributed by atoms with van der Waals surface area (Å²) in [5, 5.41) is 3.16. The molecule has 0 aliphatic heterocycles. The molecule has 2 rings (SSSR count). The number of nitrogens with zero attached hydrogens (tertiary/aromatic N) is 3. The first-order valence-electron chi connectivity index (χ1n) is 6.12.